The molecule has 0 saturated heterocycles. The number of ether oxygens (including phenoxy) is 2. The molecule has 0 aliphatic carbocycles. The molecular weight excluding hydrogens is 274 g/mol. The Kier molecular flexibility index (Phi) is 3.59. The molecule has 6 heteroatoms. The first kappa shape index (κ1) is 13.2. The lowest BCUT2D eigenvalue weighted by atomic mass is 10.0. The average Bonchev–Trinajstić information content (AvgIpc) is 3.06. The van der Waals surface area contributed by atoms with Gasteiger partial charge in [0.05, 0.1) is 25.7 Å². The summed E-state index contributed by atoms with van der Waals surface area (Å²) in [5, 5.41) is 3.92. The third-order valence-corrected chi connectivity index (χ3v) is 3.06. The van der Waals surface area contributed by atoms with Crippen LogP contribution >= 0.6 is 0 Å². The fraction of sp³-hybridized carbons (Fsp3) is 0.200. The van der Waals surface area contributed by atoms with Crippen molar-refractivity contribution in [2.45, 2.75) is 6.42 Å². The van der Waals surface area contributed by atoms with Crippen LogP contribution in [-0.2, 0) is 4.84 Å². The van der Waals surface area contributed by atoms with Crippen LogP contribution in [0.5, 0.6) is 11.5 Å². The molecule has 1 aromatic carbocycles. The summed E-state index contributed by atoms with van der Waals surface area (Å²) in [6.45, 7) is 0.470. The second-order valence-corrected chi connectivity index (χ2v) is 4.35. The van der Waals surface area contributed by atoms with E-state index in [2.05, 4.69) is 5.16 Å². The molecule has 0 fully saturated rings. The Morgan fingerprint density at radius 3 is 3.00 bits per heavy atom. The molecule has 0 unspecified atom stereocenters. The van der Waals surface area contributed by atoms with Gasteiger partial charge >= 0.3 is 5.97 Å². The van der Waals surface area contributed by atoms with Gasteiger partial charge in [-0.25, -0.2) is 4.79 Å². The van der Waals surface area contributed by atoms with Crippen LogP contribution in [0, 0.1) is 0 Å². The Bertz CT molecular complexity index is 675. The predicted molar refractivity (Wildman–Crippen MR) is 73.8 cm³/mol. The zero-order valence-corrected chi connectivity index (χ0v) is 11.4. The highest BCUT2D eigenvalue weighted by Gasteiger charge is 2.19. The smallest absolute Gasteiger partial charge is 0.400 e. The SMILES string of the molecule is COc1ccc2c(c1)OCC/C2=N\OC(=O)c1ccco1. The summed E-state index contributed by atoms with van der Waals surface area (Å²) in [6.07, 6.45) is 1.96. The first-order valence-electron chi connectivity index (χ1n) is 6.41. The lowest BCUT2D eigenvalue weighted by Gasteiger charge is -2.18. The minimum absolute atomic E-state index is 0.112. The van der Waals surface area contributed by atoms with Crippen LogP contribution in [0.1, 0.15) is 22.5 Å². The van der Waals surface area contributed by atoms with Crippen molar-refractivity contribution in [3.63, 3.8) is 0 Å². The molecule has 0 saturated carbocycles. The van der Waals surface area contributed by atoms with Crippen molar-refractivity contribution in [2.75, 3.05) is 13.7 Å². The van der Waals surface area contributed by atoms with Crippen molar-refractivity contribution >= 4 is 11.7 Å². The topological polar surface area (TPSA) is 70.3 Å². The molecule has 1 aliphatic rings. The van der Waals surface area contributed by atoms with Crippen LogP contribution in [0.15, 0.2) is 46.2 Å². The first-order chi connectivity index (χ1) is 10.3. The van der Waals surface area contributed by atoms with Gasteiger partial charge in [0.2, 0.25) is 5.76 Å². The van der Waals surface area contributed by atoms with Crippen LogP contribution in [0.4, 0.5) is 0 Å². The molecule has 0 spiro atoms. The maximum Gasteiger partial charge on any atom is 0.400 e. The third-order valence-electron chi connectivity index (χ3n) is 3.06. The normalized spacial score (nSPS) is 15.2. The molecule has 1 aromatic heterocycles. The van der Waals surface area contributed by atoms with Crippen LogP contribution < -0.4 is 9.47 Å². The molecule has 6 nitrogen and oxygen atoms in total. The van der Waals surface area contributed by atoms with Crippen molar-refractivity contribution in [1.29, 1.82) is 0 Å². The van der Waals surface area contributed by atoms with Gasteiger partial charge in [-0.15, -0.1) is 0 Å². The summed E-state index contributed by atoms with van der Waals surface area (Å²) >= 11 is 0. The monoisotopic (exact) mass is 287 g/mol. The molecule has 0 atom stereocenters. The lowest BCUT2D eigenvalue weighted by molar-refractivity contribution is 0.0478. The molecule has 3 rings (SSSR count). The molecule has 0 N–H and O–H groups in total. The number of hydrogen-bond acceptors (Lipinski definition) is 6. The van der Waals surface area contributed by atoms with Crippen LogP contribution in [-0.4, -0.2) is 25.4 Å². The Balaban J connectivity index is 1.81. The molecule has 2 heterocycles. The molecule has 0 radical (unpaired) electrons. The Morgan fingerprint density at radius 1 is 1.33 bits per heavy atom. The van der Waals surface area contributed by atoms with Gasteiger partial charge in [0, 0.05) is 18.1 Å². The van der Waals surface area contributed by atoms with Gasteiger partial charge in [0.25, 0.3) is 0 Å². The van der Waals surface area contributed by atoms with Crippen molar-refractivity contribution in [1.82, 2.24) is 0 Å². The number of carbonyl (C=O) groups is 1. The molecular formula is C15H13NO5. The zero-order valence-electron chi connectivity index (χ0n) is 11.4. The van der Waals surface area contributed by atoms with Gasteiger partial charge in [-0.3, -0.25) is 0 Å². The quantitative estimate of drug-likeness (QED) is 0.641. The van der Waals surface area contributed by atoms with Crippen molar-refractivity contribution in [3.8, 4) is 11.5 Å². The number of carbonyl (C=O) groups excluding carboxylic acids is 1. The Morgan fingerprint density at radius 2 is 2.24 bits per heavy atom. The maximum atomic E-state index is 11.7. The fourth-order valence-corrected chi connectivity index (χ4v) is 2.01. The summed E-state index contributed by atoms with van der Waals surface area (Å²) in [5.41, 5.74) is 1.44. The number of nitrogens with zero attached hydrogens (tertiary/aromatic N) is 1. The van der Waals surface area contributed by atoms with Gasteiger partial charge in [0.15, 0.2) is 0 Å². The van der Waals surface area contributed by atoms with E-state index in [0.29, 0.717) is 30.2 Å². The number of oxime groups is 1. The predicted octanol–water partition coefficient (Wildman–Crippen LogP) is 2.63. The number of fused-ring (bicyclic) bond motifs is 1. The number of rotatable bonds is 3. The van der Waals surface area contributed by atoms with E-state index in [1.165, 1.54) is 12.3 Å². The molecule has 2 aromatic rings. The van der Waals surface area contributed by atoms with Gasteiger partial charge < -0.3 is 18.7 Å². The largest absolute Gasteiger partial charge is 0.497 e. The molecule has 0 bridgehead atoms. The third kappa shape index (κ3) is 2.74. The van der Waals surface area contributed by atoms with E-state index in [4.69, 9.17) is 18.7 Å². The molecule has 21 heavy (non-hydrogen) atoms. The summed E-state index contributed by atoms with van der Waals surface area (Å²) in [6, 6.07) is 8.54. The number of hydrogen-bond donors (Lipinski definition) is 0. The highest BCUT2D eigenvalue weighted by Crippen LogP contribution is 2.29. The summed E-state index contributed by atoms with van der Waals surface area (Å²) in [7, 11) is 1.59. The van der Waals surface area contributed by atoms with Gasteiger partial charge in [-0.05, 0) is 24.3 Å². The molecule has 108 valence electrons. The summed E-state index contributed by atoms with van der Waals surface area (Å²) < 4.78 is 15.7. The van der Waals surface area contributed by atoms with E-state index in [0.717, 1.165) is 5.56 Å². The second-order valence-electron chi connectivity index (χ2n) is 4.35. The van der Waals surface area contributed by atoms with Crippen LogP contribution in [0.2, 0.25) is 0 Å². The molecule has 1 aliphatic heterocycles. The standard InChI is InChI=1S/C15H13NO5/c1-18-10-4-5-11-12(6-8-20-14(11)9-10)16-21-15(17)13-3-2-7-19-13/h2-5,7,9H,6,8H2,1H3/b16-12+. The Hall–Kier alpha value is -2.76. The molecule has 0 amide bonds. The number of methoxy groups -OCH3 is 1. The highest BCUT2D eigenvalue weighted by molar-refractivity contribution is 6.04. The van der Waals surface area contributed by atoms with E-state index in [1.807, 2.05) is 6.07 Å². The minimum Gasteiger partial charge on any atom is -0.497 e. The first-order valence-corrected chi connectivity index (χ1v) is 6.41. The minimum atomic E-state index is -0.631. The van der Waals surface area contributed by atoms with Crippen molar-refractivity contribution in [2.24, 2.45) is 5.16 Å². The van der Waals surface area contributed by atoms with Gasteiger partial charge in [-0.2, -0.15) is 0 Å². The second kappa shape index (κ2) is 5.70. The van der Waals surface area contributed by atoms with E-state index < -0.39 is 5.97 Å². The van der Waals surface area contributed by atoms with E-state index in [-0.39, 0.29) is 5.76 Å². The fourth-order valence-electron chi connectivity index (χ4n) is 2.01. The average molecular weight is 287 g/mol. The van der Waals surface area contributed by atoms with Gasteiger partial charge in [0.1, 0.15) is 11.5 Å². The van der Waals surface area contributed by atoms with Crippen LogP contribution in [0.3, 0.4) is 0 Å². The number of furan rings is 1. The van der Waals surface area contributed by atoms with E-state index in [1.54, 1.807) is 25.3 Å². The zero-order chi connectivity index (χ0) is 14.7. The van der Waals surface area contributed by atoms with Crippen LogP contribution in [0.25, 0.3) is 0 Å². The summed E-state index contributed by atoms with van der Waals surface area (Å²) in [4.78, 5) is 16.6. The van der Waals surface area contributed by atoms with Crippen molar-refractivity contribution in [3.05, 3.63) is 47.9 Å². The van der Waals surface area contributed by atoms with Gasteiger partial charge in [-0.1, -0.05) is 5.16 Å². The highest BCUT2D eigenvalue weighted by atomic mass is 16.7. The van der Waals surface area contributed by atoms with E-state index >= 15 is 0 Å². The Labute approximate surface area is 120 Å². The van der Waals surface area contributed by atoms with E-state index in [9.17, 15) is 4.79 Å². The summed E-state index contributed by atoms with van der Waals surface area (Å²) in [5.74, 6) is 0.839. The lowest BCUT2D eigenvalue weighted by Crippen LogP contribution is -2.17. The maximum absolute atomic E-state index is 11.7. The number of benzene rings is 1. The van der Waals surface area contributed by atoms with Crippen molar-refractivity contribution < 1.29 is 23.5 Å².